The van der Waals surface area contributed by atoms with Crippen LogP contribution in [0.25, 0.3) is 5.57 Å². The molecule has 1 aromatic carbocycles. The first-order valence-electron chi connectivity index (χ1n) is 5.17. The van der Waals surface area contributed by atoms with Crippen LogP contribution >= 0.6 is 0 Å². The van der Waals surface area contributed by atoms with Crippen molar-refractivity contribution in [2.45, 2.75) is 20.3 Å². The van der Waals surface area contributed by atoms with Crippen LogP contribution in [0, 0.1) is 0 Å². The highest BCUT2D eigenvalue weighted by Gasteiger charge is 2.10. The summed E-state index contributed by atoms with van der Waals surface area (Å²) in [6, 6.07) is 7.45. The molecule has 3 nitrogen and oxygen atoms in total. The summed E-state index contributed by atoms with van der Waals surface area (Å²) in [5, 5.41) is 8.98. The molecule has 0 atom stereocenters. The van der Waals surface area contributed by atoms with Crippen LogP contribution in [0.4, 0.5) is 0 Å². The van der Waals surface area contributed by atoms with E-state index in [4.69, 9.17) is 9.84 Å². The number of aliphatic carboxylic acids is 1. The Hall–Kier alpha value is -1.77. The van der Waals surface area contributed by atoms with Crippen molar-refractivity contribution < 1.29 is 14.6 Å². The molecule has 1 N–H and O–H groups in total. The van der Waals surface area contributed by atoms with E-state index in [2.05, 4.69) is 0 Å². The first kappa shape index (κ1) is 12.3. The molecule has 0 unspecified atom stereocenters. The third-order valence-corrected chi connectivity index (χ3v) is 2.55. The molecule has 0 aliphatic rings. The number of allylic oxidation sites excluding steroid dienone is 1. The smallest absolute Gasteiger partial charge is 0.331 e. The van der Waals surface area contributed by atoms with E-state index in [-0.39, 0.29) is 0 Å². The van der Waals surface area contributed by atoms with Crippen LogP contribution in [-0.2, 0) is 4.79 Å². The highest BCUT2D eigenvalue weighted by Crippen LogP contribution is 2.25. The summed E-state index contributed by atoms with van der Waals surface area (Å²) in [6.45, 7) is 3.57. The normalized spacial score (nSPS) is 11.9. The lowest BCUT2D eigenvalue weighted by Crippen LogP contribution is -2.00. The number of hydrogen-bond donors (Lipinski definition) is 1. The van der Waals surface area contributed by atoms with Crippen molar-refractivity contribution in [3.63, 3.8) is 0 Å². The minimum atomic E-state index is -0.875. The maximum absolute atomic E-state index is 10.9. The second kappa shape index (κ2) is 5.35. The third-order valence-electron chi connectivity index (χ3n) is 2.55. The molecule has 16 heavy (non-hydrogen) atoms. The molecule has 3 heteroatoms. The van der Waals surface area contributed by atoms with Crippen molar-refractivity contribution in [2.24, 2.45) is 0 Å². The predicted octanol–water partition coefficient (Wildman–Crippen LogP) is 2.96. The lowest BCUT2D eigenvalue weighted by Gasteiger charge is -2.09. The molecule has 0 fully saturated rings. The quantitative estimate of drug-likeness (QED) is 0.793. The number of carboxylic acid groups (broad SMARTS) is 1. The lowest BCUT2D eigenvalue weighted by atomic mass is 9.98. The highest BCUT2D eigenvalue weighted by molar-refractivity contribution is 5.95. The van der Waals surface area contributed by atoms with Crippen LogP contribution in [0.3, 0.4) is 0 Å². The van der Waals surface area contributed by atoms with Crippen LogP contribution < -0.4 is 4.74 Å². The van der Waals surface area contributed by atoms with Gasteiger partial charge in [0, 0.05) is 5.57 Å². The summed E-state index contributed by atoms with van der Waals surface area (Å²) in [4.78, 5) is 10.9. The van der Waals surface area contributed by atoms with Gasteiger partial charge in [0.25, 0.3) is 0 Å². The number of carbonyl (C=O) groups is 1. The Balaban J connectivity index is 3.23. The fourth-order valence-corrected chi connectivity index (χ4v) is 1.63. The van der Waals surface area contributed by atoms with E-state index < -0.39 is 5.97 Å². The van der Waals surface area contributed by atoms with Crippen LogP contribution in [-0.4, -0.2) is 18.2 Å². The molecule has 86 valence electrons. The summed E-state index contributed by atoms with van der Waals surface area (Å²) in [5.41, 5.74) is 2.13. The van der Waals surface area contributed by atoms with Crippen LogP contribution in [0.15, 0.2) is 29.8 Å². The average molecular weight is 220 g/mol. The number of methoxy groups -OCH3 is 1. The maximum atomic E-state index is 10.9. The number of ether oxygens (including phenoxy) is 1. The zero-order valence-corrected chi connectivity index (χ0v) is 9.78. The topological polar surface area (TPSA) is 46.5 Å². The van der Waals surface area contributed by atoms with E-state index in [1.165, 1.54) is 0 Å². The van der Waals surface area contributed by atoms with Gasteiger partial charge in [0.05, 0.1) is 7.11 Å². The van der Waals surface area contributed by atoms with Gasteiger partial charge in [0.2, 0.25) is 0 Å². The number of carboxylic acids is 1. The molecule has 1 aromatic rings. The largest absolute Gasteiger partial charge is 0.497 e. The zero-order valence-electron chi connectivity index (χ0n) is 9.78. The Bertz CT molecular complexity index is 419. The molecule has 0 amide bonds. The monoisotopic (exact) mass is 220 g/mol. The Morgan fingerprint density at radius 1 is 1.44 bits per heavy atom. The maximum Gasteiger partial charge on any atom is 0.331 e. The number of hydrogen-bond acceptors (Lipinski definition) is 2. The summed E-state index contributed by atoms with van der Waals surface area (Å²) >= 11 is 0. The van der Waals surface area contributed by atoms with Crippen LogP contribution in [0.5, 0.6) is 5.75 Å². The summed E-state index contributed by atoms with van der Waals surface area (Å²) in [7, 11) is 1.60. The average Bonchev–Trinajstić information content (AvgIpc) is 2.30. The van der Waals surface area contributed by atoms with Crippen molar-refractivity contribution >= 4 is 11.5 Å². The number of benzene rings is 1. The van der Waals surface area contributed by atoms with Crippen molar-refractivity contribution in [1.82, 2.24) is 0 Å². The second-order valence-corrected chi connectivity index (χ2v) is 3.49. The lowest BCUT2D eigenvalue weighted by molar-refractivity contribution is -0.132. The van der Waals surface area contributed by atoms with E-state index in [0.29, 0.717) is 12.0 Å². The minimum absolute atomic E-state index is 0.385. The molecule has 0 saturated heterocycles. The first-order chi connectivity index (χ1) is 7.60. The van der Waals surface area contributed by atoms with Crippen molar-refractivity contribution in [3.8, 4) is 5.75 Å². The van der Waals surface area contributed by atoms with Gasteiger partial charge < -0.3 is 9.84 Å². The Morgan fingerprint density at radius 2 is 2.12 bits per heavy atom. The van der Waals surface area contributed by atoms with E-state index in [1.807, 2.05) is 31.2 Å². The van der Waals surface area contributed by atoms with Gasteiger partial charge in [0.15, 0.2) is 0 Å². The van der Waals surface area contributed by atoms with Crippen LogP contribution in [0.1, 0.15) is 25.8 Å². The molecule has 0 spiro atoms. The summed E-state index contributed by atoms with van der Waals surface area (Å²) in [6.07, 6.45) is 0.686. The van der Waals surface area contributed by atoms with E-state index >= 15 is 0 Å². The SMILES string of the molecule is CCC(=C(C)C(=O)O)c1cccc(OC)c1. The predicted molar refractivity (Wildman–Crippen MR) is 63.5 cm³/mol. The van der Waals surface area contributed by atoms with Gasteiger partial charge in [-0.1, -0.05) is 19.1 Å². The van der Waals surface area contributed by atoms with Gasteiger partial charge in [-0.15, -0.1) is 0 Å². The fourth-order valence-electron chi connectivity index (χ4n) is 1.63. The summed E-state index contributed by atoms with van der Waals surface area (Å²) < 4.78 is 5.12. The Morgan fingerprint density at radius 3 is 2.62 bits per heavy atom. The van der Waals surface area contributed by atoms with Crippen molar-refractivity contribution in [2.75, 3.05) is 7.11 Å². The Labute approximate surface area is 95.4 Å². The molecular formula is C13H16O3. The van der Waals surface area contributed by atoms with E-state index in [1.54, 1.807) is 14.0 Å². The van der Waals surface area contributed by atoms with Gasteiger partial charge in [-0.2, -0.15) is 0 Å². The highest BCUT2D eigenvalue weighted by atomic mass is 16.5. The second-order valence-electron chi connectivity index (χ2n) is 3.49. The van der Waals surface area contributed by atoms with Gasteiger partial charge >= 0.3 is 5.97 Å². The molecule has 1 rings (SSSR count). The molecule has 0 aliphatic carbocycles. The van der Waals surface area contributed by atoms with Crippen molar-refractivity contribution in [3.05, 3.63) is 35.4 Å². The third kappa shape index (κ3) is 2.63. The van der Waals surface area contributed by atoms with Gasteiger partial charge in [-0.3, -0.25) is 0 Å². The summed E-state index contributed by atoms with van der Waals surface area (Å²) in [5.74, 6) is -0.138. The van der Waals surface area contributed by atoms with E-state index in [0.717, 1.165) is 16.9 Å². The van der Waals surface area contributed by atoms with Gasteiger partial charge in [-0.25, -0.2) is 4.79 Å². The minimum Gasteiger partial charge on any atom is -0.497 e. The molecule has 0 saturated carbocycles. The van der Waals surface area contributed by atoms with E-state index in [9.17, 15) is 4.79 Å². The molecule has 0 bridgehead atoms. The molecule has 0 aliphatic heterocycles. The first-order valence-corrected chi connectivity index (χ1v) is 5.17. The molecule has 0 heterocycles. The molecule has 0 radical (unpaired) electrons. The fraction of sp³-hybridized carbons (Fsp3) is 0.308. The van der Waals surface area contributed by atoms with Gasteiger partial charge in [0.1, 0.15) is 5.75 Å². The van der Waals surface area contributed by atoms with Crippen molar-refractivity contribution in [1.29, 1.82) is 0 Å². The molecule has 0 aromatic heterocycles. The van der Waals surface area contributed by atoms with Crippen LogP contribution in [0.2, 0.25) is 0 Å². The number of rotatable bonds is 4. The standard InChI is InChI=1S/C13H16O3/c1-4-12(9(2)13(14)15)10-6-5-7-11(8-10)16-3/h5-8H,4H2,1-3H3,(H,14,15). The van der Waals surface area contributed by atoms with Gasteiger partial charge in [-0.05, 0) is 36.6 Å². The zero-order chi connectivity index (χ0) is 12.1. The molecular weight excluding hydrogens is 204 g/mol. The Kier molecular flexibility index (Phi) is 4.11.